The number of aromatic amines is 1. The number of nitrogens with one attached hydrogen (secondary N) is 3. The van der Waals surface area contributed by atoms with Gasteiger partial charge in [-0.1, -0.05) is 6.07 Å². The topological polar surface area (TPSA) is 86.9 Å². The molecule has 116 valence electrons. The third-order valence-electron chi connectivity index (χ3n) is 3.36. The molecular formula is C17H16N4O2. The number of fused-ring (bicyclic) bond motifs is 1. The first-order valence-corrected chi connectivity index (χ1v) is 7.15. The van der Waals surface area contributed by atoms with Crippen LogP contribution in [-0.2, 0) is 9.59 Å². The molecule has 0 radical (unpaired) electrons. The Morgan fingerprint density at radius 2 is 1.57 bits per heavy atom. The first-order valence-electron chi connectivity index (χ1n) is 7.15. The minimum Gasteiger partial charge on any atom is -0.345 e. The number of nitrogens with zero attached hydrogens (tertiary/aromatic N) is 1. The highest BCUT2D eigenvalue weighted by Crippen LogP contribution is 2.16. The van der Waals surface area contributed by atoms with Crippen molar-refractivity contribution in [2.75, 3.05) is 10.6 Å². The summed E-state index contributed by atoms with van der Waals surface area (Å²) < 4.78 is 0. The summed E-state index contributed by atoms with van der Waals surface area (Å²) in [5.41, 5.74) is 4.75. The van der Waals surface area contributed by atoms with E-state index >= 15 is 0 Å². The van der Waals surface area contributed by atoms with Crippen LogP contribution in [0.25, 0.3) is 11.0 Å². The van der Waals surface area contributed by atoms with Gasteiger partial charge in [-0.2, -0.15) is 0 Å². The standard InChI is InChI=1S/C17H16N4O2/c1-10-5-11(2)7-13(6-10)21-17(23)16(22)20-12-3-4-14-15(8-12)19-9-18-14/h3-9H,1-2H3,(H,18,19)(H,20,22)(H,21,23). The van der Waals surface area contributed by atoms with Crippen molar-refractivity contribution in [3.8, 4) is 0 Å². The average Bonchev–Trinajstić information content (AvgIpc) is 2.93. The van der Waals surface area contributed by atoms with E-state index in [4.69, 9.17) is 0 Å². The number of carbonyl (C=O) groups excluding carboxylic acids is 2. The van der Waals surface area contributed by atoms with Gasteiger partial charge in [0.05, 0.1) is 17.4 Å². The molecule has 0 unspecified atom stereocenters. The second kappa shape index (κ2) is 5.92. The highest BCUT2D eigenvalue weighted by atomic mass is 16.2. The number of aryl methyl sites for hydroxylation is 2. The molecule has 23 heavy (non-hydrogen) atoms. The van der Waals surface area contributed by atoms with Crippen molar-refractivity contribution >= 4 is 34.2 Å². The summed E-state index contributed by atoms with van der Waals surface area (Å²) in [5.74, 6) is -1.43. The van der Waals surface area contributed by atoms with Crippen molar-refractivity contribution < 1.29 is 9.59 Å². The summed E-state index contributed by atoms with van der Waals surface area (Å²) in [6, 6.07) is 10.8. The zero-order chi connectivity index (χ0) is 16.4. The summed E-state index contributed by atoms with van der Waals surface area (Å²) in [6.45, 7) is 3.87. The summed E-state index contributed by atoms with van der Waals surface area (Å²) >= 11 is 0. The first-order chi connectivity index (χ1) is 11.0. The van der Waals surface area contributed by atoms with Crippen LogP contribution >= 0.6 is 0 Å². The van der Waals surface area contributed by atoms with E-state index in [0.29, 0.717) is 11.4 Å². The lowest BCUT2D eigenvalue weighted by atomic mass is 10.1. The molecule has 0 fully saturated rings. The minimum absolute atomic E-state index is 0.530. The zero-order valence-corrected chi connectivity index (χ0v) is 12.8. The molecule has 0 aliphatic heterocycles. The molecular weight excluding hydrogens is 292 g/mol. The summed E-state index contributed by atoms with van der Waals surface area (Å²) in [6.07, 6.45) is 1.57. The molecule has 0 aliphatic rings. The van der Waals surface area contributed by atoms with E-state index in [2.05, 4.69) is 20.6 Å². The molecule has 0 aliphatic carbocycles. The second-order valence-corrected chi connectivity index (χ2v) is 5.42. The van der Waals surface area contributed by atoms with Gasteiger partial charge in [-0.25, -0.2) is 4.98 Å². The minimum atomic E-state index is -0.719. The maximum atomic E-state index is 12.0. The number of H-pyrrole nitrogens is 1. The van der Waals surface area contributed by atoms with Crippen molar-refractivity contribution in [3.05, 3.63) is 53.9 Å². The van der Waals surface area contributed by atoms with E-state index < -0.39 is 11.8 Å². The van der Waals surface area contributed by atoms with Crippen LogP contribution in [0.3, 0.4) is 0 Å². The highest BCUT2D eigenvalue weighted by molar-refractivity contribution is 6.43. The molecule has 0 spiro atoms. The number of hydrogen-bond acceptors (Lipinski definition) is 3. The number of hydrogen-bond donors (Lipinski definition) is 3. The Bertz CT molecular complexity index is 878. The molecule has 0 saturated carbocycles. The Morgan fingerprint density at radius 1 is 0.913 bits per heavy atom. The number of aromatic nitrogens is 2. The Labute approximate surface area is 132 Å². The van der Waals surface area contributed by atoms with Crippen LogP contribution in [0.4, 0.5) is 11.4 Å². The largest absolute Gasteiger partial charge is 0.345 e. The van der Waals surface area contributed by atoms with Crippen molar-refractivity contribution in [1.82, 2.24) is 9.97 Å². The van der Waals surface area contributed by atoms with Gasteiger partial charge in [-0.3, -0.25) is 9.59 Å². The van der Waals surface area contributed by atoms with Gasteiger partial charge >= 0.3 is 11.8 Å². The smallest absolute Gasteiger partial charge is 0.314 e. The number of imidazole rings is 1. The van der Waals surface area contributed by atoms with Gasteiger partial charge in [0.2, 0.25) is 0 Å². The van der Waals surface area contributed by atoms with E-state index in [1.165, 1.54) is 0 Å². The van der Waals surface area contributed by atoms with Crippen LogP contribution in [0.15, 0.2) is 42.7 Å². The van der Waals surface area contributed by atoms with E-state index in [1.807, 2.05) is 32.0 Å². The van der Waals surface area contributed by atoms with Crippen LogP contribution in [0.2, 0.25) is 0 Å². The molecule has 3 N–H and O–H groups in total. The molecule has 6 nitrogen and oxygen atoms in total. The third-order valence-corrected chi connectivity index (χ3v) is 3.36. The van der Waals surface area contributed by atoms with Crippen LogP contribution in [-0.4, -0.2) is 21.8 Å². The van der Waals surface area contributed by atoms with Gasteiger partial charge in [0, 0.05) is 11.4 Å². The van der Waals surface area contributed by atoms with E-state index in [1.54, 1.807) is 24.5 Å². The van der Waals surface area contributed by atoms with Gasteiger partial charge in [0.1, 0.15) is 0 Å². The van der Waals surface area contributed by atoms with E-state index in [9.17, 15) is 9.59 Å². The maximum absolute atomic E-state index is 12.0. The molecule has 2 amide bonds. The molecule has 6 heteroatoms. The summed E-state index contributed by atoms with van der Waals surface area (Å²) in [7, 11) is 0. The van der Waals surface area contributed by atoms with Crippen molar-refractivity contribution in [3.63, 3.8) is 0 Å². The van der Waals surface area contributed by atoms with Crippen LogP contribution in [0.5, 0.6) is 0 Å². The predicted octanol–water partition coefficient (Wildman–Crippen LogP) is 2.76. The lowest BCUT2D eigenvalue weighted by Crippen LogP contribution is -2.29. The van der Waals surface area contributed by atoms with E-state index in [-0.39, 0.29) is 0 Å². The van der Waals surface area contributed by atoms with E-state index in [0.717, 1.165) is 22.2 Å². The molecule has 3 rings (SSSR count). The number of amides is 2. The Morgan fingerprint density at radius 3 is 2.26 bits per heavy atom. The summed E-state index contributed by atoms with van der Waals surface area (Å²) in [4.78, 5) is 31.1. The fraction of sp³-hybridized carbons (Fsp3) is 0.118. The van der Waals surface area contributed by atoms with Crippen LogP contribution in [0.1, 0.15) is 11.1 Å². The van der Waals surface area contributed by atoms with Gasteiger partial charge in [-0.15, -0.1) is 0 Å². The fourth-order valence-electron chi connectivity index (χ4n) is 2.44. The SMILES string of the molecule is Cc1cc(C)cc(NC(=O)C(=O)Nc2ccc3nc[nH]c3c2)c1. The number of carbonyl (C=O) groups is 2. The highest BCUT2D eigenvalue weighted by Gasteiger charge is 2.14. The van der Waals surface area contributed by atoms with Gasteiger partial charge in [0.25, 0.3) is 0 Å². The zero-order valence-electron chi connectivity index (χ0n) is 12.8. The van der Waals surface area contributed by atoms with Gasteiger partial charge in [0.15, 0.2) is 0 Å². The predicted molar refractivity (Wildman–Crippen MR) is 89.3 cm³/mol. The van der Waals surface area contributed by atoms with Crippen molar-refractivity contribution in [2.45, 2.75) is 13.8 Å². The molecule has 2 aromatic carbocycles. The Balaban J connectivity index is 1.70. The molecule has 3 aromatic rings. The first kappa shape index (κ1) is 14.8. The second-order valence-electron chi connectivity index (χ2n) is 5.42. The normalized spacial score (nSPS) is 10.5. The molecule has 0 atom stereocenters. The van der Waals surface area contributed by atoms with Crippen molar-refractivity contribution in [1.29, 1.82) is 0 Å². The lowest BCUT2D eigenvalue weighted by Gasteiger charge is -2.08. The molecule has 1 heterocycles. The number of anilines is 2. The quantitative estimate of drug-likeness (QED) is 0.636. The lowest BCUT2D eigenvalue weighted by molar-refractivity contribution is -0.132. The average molecular weight is 308 g/mol. The maximum Gasteiger partial charge on any atom is 0.314 e. The Kier molecular flexibility index (Phi) is 3.80. The number of benzene rings is 2. The van der Waals surface area contributed by atoms with Crippen LogP contribution < -0.4 is 10.6 Å². The molecule has 1 aromatic heterocycles. The molecule has 0 saturated heterocycles. The molecule has 0 bridgehead atoms. The number of rotatable bonds is 2. The van der Waals surface area contributed by atoms with Gasteiger partial charge in [-0.05, 0) is 55.3 Å². The fourth-order valence-corrected chi connectivity index (χ4v) is 2.44. The Hall–Kier alpha value is -3.15. The van der Waals surface area contributed by atoms with Crippen molar-refractivity contribution in [2.24, 2.45) is 0 Å². The summed E-state index contributed by atoms with van der Waals surface area (Å²) in [5, 5.41) is 5.18. The monoisotopic (exact) mass is 308 g/mol. The van der Waals surface area contributed by atoms with Gasteiger partial charge < -0.3 is 15.6 Å². The third kappa shape index (κ3) is 3.37. The van der Waals surface area contributed by atoms with Crippen LogP contribution in [0, 0.1) is 13.8 Å².